The highest BCUT2D eigenvalue weighted by Gasteiger charge is 2.22. The van der Waals surface area contributed by atoms with Crippen molar-refractivity contribution in [1.82, 2.24) is 0 Å². The number of nitrogens with zero attached hydrogens (tertiary/aromatic N) is 1. The molecule has 0 aromatic heterocycles. The molecule has 0 saturated carbocycles. The van der Waals surface area contributed by atoms with E-state index in [0.29, 0.717) is 11.5 Å². The zero-order valence-electron chi connectivity index (χ0n) is 10.8. The van der Waals surface area contributed by atoms with Crippen LogP contribution in [0.5, 0.6) is 0 Å². The summed E-state index contributed by atoms with van der Waals surface area (Å²) < 4.78 is 0.933. The highest BCUT2D eigenvalue weighted by atomic mass is 79.9. The van der Waals surface area contributed by atoms with Crippen LogP contribution in [-0.4, -0.2) is 6.54 Å². The zero-order chi connectivity index (χ0) is 13.1. The average molecular weight is 295 g/mol. The summed E-state index contributed by atoms with van der Waals surface area (Å²) in [7, 11) is 0. The van der Waals surface area contributed by atoms with E-state index in [1.807, 2.05) is 18.2 Å². The molecule has 0 spiro atoms. The second-order valence-electron chi connectivity index (χ2n) is 5.30. The van der Waals surface area contributed by atoms with Crippen LogP contribution in [0.25, 0.3) is 0 Å². The molecule has 0 aliphatic carbocycles. The Labute approximate surface area is 112 Å². The molecule has 3 heteroatoms. The number of halogens is 1. The van der Waals surface area contributed by atoms with Gasteiger partial charge in [-0.2, -0.15) is 5.26 Å². The van der Waals surface area contributed by atoms with Crippen LogP contribution in [0.4, 0.5) is 5.69 Å². The summed E-state index contributed by atoms with van der Waals surface area (Å²) in [5.41, 5.74) is 1.79. The first-order valence-electron chi connectivity index (χ1n) is 5.80. The second kappa shape index (κ2) is 5.55. The van der Waals surface area contributed by atoms with E-state index in [1.54, 1.807) is 0 Å². The molecule has 1 rings (SSSR count). The van der Waals surface area contributed by atoms with Crippen molar-refractivity contribution in [2.75, 3.05) is 11.9 Å². The fourth-order valence-electron chi connectivity index (χ4n) is 1.29. The van der Waals surface area contributed by atoms with E-state index in [0.717, 1.165) is 16.7 Å². The lowest BCUT2D eigenvalue weighted by Crippen LogP contribution is -2.28. The van der Waals surface area contributed by atoms with Gasteiger partial charge in [-0.3, -0.25) is 0 Å². The molecular formula is C14H19BrN2. The monoisotopic (exact) mass is 294 g/mol. The van der Waals surface area contributed by atoms with E-state index in [1.165, 1.54) is 0 Å². The topological polar surface area (TPSA) is 35.8 Å². The van der Waals surface area contributed by atoms with Crippen molar-refractivity contribution >= 4 is 21.6 Å². The van der Waals surface area contributed by atoms with Gasteiger partial charge in [0, 0.05) is 11.0 Å². The number of benzene rings is 1. The quantitative estimate of drug-likeness (QED) is 0.892. The van der Waals surface area contributed by atoms with E-state index in [9.17, 15) is 0 Å². The molecular weight excluding hydrogens is 276 g/mol. The van der Waals surface area contributed by atoms with Gasteiger partial charge in [-0.05, 0) is 29.5 Å². The molecule has 0 fully saturated rings. The van der Waals surface area contributed by atoms with Gasteiger partial charge in [0.2, 0.25) is 0 Å². The van der Waals surface area contributed by atoms with Gasteiger partial charge in [0.1, 0.15) is 6.07 Å². The van der Waals surface area contributed by atoms with E-state index >= 15 is 0 Å². The van der Waals surface area contributed by atoms with Gasteiger partial charge < -0.3 is 5.32 Å². The third-order valence-corrected chi connectivity index (χ3v) is 3.89. The number of hydrogen-bond donors (Lipinski definition) is 1. The SMILES string of the molecule is CC(C)C(C)(C)CNc1ccc(Br)cc1C#N. The van der Waals surface area contributed by atoms with E-state index in [2.05, 4.69) is 55.0 Å². The molecule has 92 valence electrons. The minimum atomic E-state index is 0.208. The lowest BCUT2D eigenvalue weighted by Gasteiger charge is -2.30. The van der Waals surface area contributed by atoms with Crippen LogP contribution >= 0.6 is 15.9 Å². The Kier molecular flexibility index (Phi) is 4.59. The minimum absolute atomic E-state index is 0.208. The molecule has 0 heterocycles. The van der Waals surface area contributed by atoms with Crippen molar-refractivity contribution < 1.29 is 0 Å². The molecule has 0 aliphatic rings. The smallest absolute Gasteiger partial charge is 0.101 e. The summed E-state index contributed by atoms with van der Waals surface area (Å²) in [6, 6.07) is 7.94. The van der Waals surface area contributed by atoms with Crippen molar-refractivity contribution in [3.8, 4) is 6.07 Å². The van der Waals surface area contributed by atoms with Crippen LogP contribution in [-0.2, 0) is 0 Å². The highest BCUT2D eigenvalue weighted by molar-refractivity contribution is 9.10. The third kappa shape index (κ3) is 3.74. The summed E-state index contributed by atoms with van der Waals surface area (Å²) in [6.45, 7) is 9.76. The van der Waals surface area contributed by atoms with Crippen LogP contribution in [0.3, 0.4) is 0 Å². The van der Waals surface area contributed by atoms with Gasteiger partial charge in [0.25, 0.3) is 0 Å². The fourth-order valence-corrected chi connectivity index (χ4v) is 1.65. The first kappa shape index (κ1) is 14.1. The van der Waals surface area contributed by atoms with Crippen LogP contribution in [0.2, 0.25) is 0 Å². The molecule has 1 aromatic carbocycles. The highest BCUT2D eigenvalue weighted by Crippen LogP contribution is 2.27. The van der Waals surface area contributed by atoms with E-state index < -0.39 is 0 Å². The van der Waals surface area contributed by atoms with Crippen molar-refractivity contribution in [1.29, 1.82) is 5.26 Å². The standard InChI is InChI=1S/C14H19BrN2/c1-10(2)14(3,4)9-17-13-6-5-12(15)7-11(13)8-16/h5-7,10,17H,9H2,1-4H3. The summed E-state index contributed by atoms with van der Waals surface area (Å²) in [6.07, 6.45) is 0. The summed E-state index contributed by atoms with van der Waals surface area (Å²) >= 11 is 3.37. The van der Waals surface area contributed by atoms with Gasteiger partial charge in [0.05, 0.1) is 11.3 Å². The number of hydrogen-bond acceptors (Lipinski definition) is 2. The minimum Gasteiger partial charge on any atom is -0.383 e. The van der Waals surface area contributed by atoms with E-state index in [4.69, 9.17) is 5.26 Å². The molecule has 0 saturated heterocycles. The molecule has 0 radical (unpaired) electrons. The van der Waals surface area contributed by atoms with E-state index in [-0.39, 0.29) is 5.41 Å². The van der Waals surface area contributed by atoms with Gasteiger partial charge in [0.15, 0.2) is 0 Å². The molecule has 0 atom stereocenters. The summed E-state index contributed by atoms with van der Waals surface area (Å²) in [4.78, 5) is 0. The van der Waals surface area contributed by atoms with Crippen molar-refractivity contribution in [2.24, 2.45) is 11.3 Å². The van der Waals surface area contributed by atoms with Crippen LogP contribution < -0.4 is 5.32 Å². The number of nitriles is 1. The normalized spacial score (nSPS) is 11.4. The van der Waals surface area contributed by atoms with Crippen LogP contribution in [0.15, 0.2) is 22.7 Å². The molecule has 17 heavy (non-hydrogen) atoms. The predicted molar refractivity (Wildman–Crippen MR) is 76.0 cm³/mol. The number of anilines is 1. The molecule has 0 amide bonds. The summed E-state index contributed by atoms with van der Waals surface area (Å²) in [5.74, 6) is 0.594. The molecule has 0 bridgehead atoms. The van der Waals surface area contributed by atoms with Gasteiger partial charge >= 0.3 is 0 Å². The van der Waals surface area contributed by atoms with Gasteiger partial charge in [-0.25, -0.2) is 0 Å². The maximum absolute atomic E-state index is 9.07. The maximum Gasteiger partial charge on any atom is 0.101 e. The summed E-state index contributed by atoms with van der Waals surface area (Å²) in [5, 5.41) is 12.4. The van der Waals surface area contributed by atoms with Crippen LogP contribution in [0.1, 0.15) is 33.3 Å². The maximum atomic E-state index is 9.07. The first-order valence-corrected chi connectivity index (χ1v) is 6.59. The average Bonchev–Trinajstić information content (AvgIpc) is 2.27. The predicted octanol–water partition coefficient (Wildman–Crippen LogP) is 4.41. The Bertz CT molecular complexity index is 430. The van der Waals surface area contributed by atoms with Gasteiger partial charge in [-0.15, -0.1) is 0 Å². The molecule has 2 nitrogen and oxygen atoms in total. The van der Waals surface area contributed by atoms with Crippen molar-refractivity contribution in [3.63, 3.8) is 0 Å². The largest absolute Gasteiger partial charge is 0.383 e. The van der Waals surface area contributed by atoms with Crippen molar-refractivity contribution in [3.05, 3.63) is 28.2 Å². The lowest BCUT2D eigenvalue weighted by molar-refractivity contribution is 0.269. The van der Waals surface area contributed by atoms with Gasteiger partial charge in [-0.1, -0.05) is 43.6 Å². The fraction of sp³-hybridized carbons (Fsp3) is 0.500. The molecule has 1 N–H and O–H groups in total. The number of nitrogens with one attached hydrogen (secondary N) is 1. The Morgan fingerprint density at radius 3 is 2.59 bits per heavy atom. The lowest BCUT2D eigenvalue weighted by atomic mass is 9.81. The molecule has 0 aliphatic heterocycles. The number of rotatable bonds is 4. The Morgan fingerprint density at radius 1 is 1.41 bits per heavy atom. The van der Waals surface area contributed by atoms with Crippen LogP contribution in [0, 0.1) is 22.7 Å². The Hall–Kier alpha value is -1.01. The molecule has 1 aromatic rings. The molecule has 0 unspecified atom stereocenters. The second-order valence-corrected chi connectivity index (χ2v) is 6.21. The Morgan fingerprint density at radius 2 is 2.06 bits per heavy atom. The third-order valence-electron chi connectivity index (χ3n) is 3.40. The van der Waals surface area contributed by atoms with Crippen molar-refractivity contribution in [2.45, 2.75) is 27.7 Å². The Balaban J connectivity index is 2.80. The first-order chi connectivity index (χ1) is 7.86. The zero-order valence-corrected chi connectivity index (χ0v) is 12.4.